The van der Waals surface area contributed by atoms with Gasteiger partial charge in [0, 0.05) is 6.07 Å². The van der Waals surface area contributed by atoms with Gasteiger partial charge < -0.3 is 24.7 Å². The molecular formula is C19H22N4O4S. The molecule has 0 saturated carbocycles. The van der Waals surface area contributed by atoms with E-state index in [-0.39, 0.29) is 11.5 Å². The Hall–Kier alpha value is -2.91. The molecule has 0 radical (unpaired) electrons. The zero-order valence-electron chi connectivity index (χ0n) is 16.4. The van der Waals surface area contributed by atoms with Gasteiger partial charge in [0.05, 0.1) is 36.7 Å². The van der Waals surface area contributed by atoms with Crippen molar-refractivity contribution in [3.8, 4) is 11.5 Å². The summed E-state index contributed by atoms with van der Waals surface area (Å²) in [7, 11) is 6.86. The molecule has 1 aromatic carbocycles. The number of ether oxygens (including phenoxy) is 2. The molecule has 0 aliphatic carbocycles. The predicted octanol–water partition coefficient (Wildman–Crippen LogP) is 2.62. The minimum Gasteiger partial charge on any atom is -0.497 e. The summed E-state index contributed by atoms with van der Waals surface area (Å²) in [6.07, 6.45) is 0. The van der Waals surface area contributed by atoms with E-state index < -0.39 is 0 Å². The summed E-state index contributed by atoms with van der Waals surface area (Å²) in [5.74, 6) is 1.35. The van der Waals surface area contributed by atoms with Crippen molar-refractivity contribution in [2.75, 3.05) is 33.6 Å². The van der Waals surface area contributed by atoms with E-state index in [0.717, 1.165) is 0 Å². The van der Waals surface area contributed by atoms with Crippen molar-refractivity contribution in [3.63, 3.8) is 0 Å². The lowest BCUT2D eigenvalue weighted by Crippen LogP contribution is -2.18. The molecule has 1 amide bonds. The number of aryl methyl sites for hydroxylation is 1. The summed E-state index contributed by atoms with van der Waals surface area (Å²) in [6.45, 7) is 2.26. The smallest absolute Gasteiger partial charge is 0.266 e. The topological polar surface area (TPSA) is 96.5 Å². The molecule has 0 bridgehead atoms. The van der Waals surface area contributed by atoms with Crippen molar-refractivity contribution >= 4 is 33.1 Å². The maximum Gasteiger partial charge on any atom is 0.266 e. The fraction of sp³-hybridized carbons (Fsp3) is 0.316. The first-order chi connectivity index (χ1) is 13.3. The third-order valence-corrected chi connectivity index (χ3v) is 5.36. The molecule has 0 unspecified atom stereocenters. The number of fused-ring (bicyclic) bond motifs is 1. The molecule has 0 aliphatic rings. The number of nitrogens with one attached hydrogen (secondary N) is 2. The summed E-state index contributed by atoms with van der Waals surface area (Å²) in [4.78, 5) is 35.5. The highest BCUT2D eigenvalue weighted by Crippen LogP contribution is 2.32. The zero-order valence-corrected chi connectivity index (χ0v) is 17.2. The molecule has 148 valence electrons. The highest BCUT2D eigenvalue weighted by Gasteiger charge is 2.20. The number of methoxy groups -OCH3 is 2. The summed E-state index contributed by atoms with van der Waals surface area (Å²) in [6, 6.07) is 5.13. The lowest BCUT2D eigenvalue weighted by atomic mass is 10.2. The van der Waals surface area contributed by atoms with E-state index >= 15 is 0 Å². The number of H-pyrrole nitrogens is 1. The lowest BCUT2D eigenvalue weighted by Gasteiger charge is -2.11. The first-order valence-electron chi connectivity index (χ1n) is 8.54. The number of rotatable bonds is 6. The maximum absolute atomic E-state index is 12.9. The van der Waals surface area contributed by atoms with Gasteiger partial charge in [-0.1, -0.05) is 0 Å². The maximum atomic E-state index is 12.9. The molecular weight excluding hydrogens is 380 g/mol. The molecule has 28 heavy (non-hydrogen) atoms. The Morgan fingerprint density at radius 1 is 1.29 bits per heavy atom. The van der Waals surface area contributed by atoms with Crippen molar-refractivity contribution in [3.05, 3.63) is 44.8 Å². The SMILES string of the molecule is COc1ccc(NC(=O)c2sc3nc(CN(C)C)[nH]c(=O)c3c2C)c(OC)c1. The van der Waals surface area contributed by atoms with Crippen LogP contribution in [0.2, 0.25) is 0 Å². The number of carbonyl (C=O) groups excluding carboxylic acids is 1. The van der Waals surface area contributed by atoms with Gasteiger partial charge in [-0.25, -0.2) is 4.98 Å². The second-order valence-electron chi connectivity index (χ2n) is 6.51. The number of aromatic amines is 1. The average Bonchev–Trinajstić information content (AvgIpc) is 2.98. The van der Waals surface area contributed by atoms with E-state index in [9.17, 15) is 9.59 Å². The lowest BCUT2D eigenvalue weighted by molar-refractivity contribution is 0.102. The first-order valence-corrected chi connectivity index (χ1v) is 9.36. The van der Waals surface area contributed by atoms with Crippen LogP contribution in [-0.2, 0) is 6.54 Å². The third kappa shape index (κ3) is 3.85. The van der Waals surface area contributed by atoms with Crippen LogP contribution in [0.1, 0.15) is 21.1 Å². The van der Waals surface area contributed by atoms with E-state index in [1.165, 1.54) is 18.4 Å². The van der Waals surface area contributed by atoms with Gasteiger partial charge in [-0.3, -0.25) is 9.59 Å². The highest BCUT2D eigenvalue weighted by atomic mass is 32.1. The number of carbonyl (C=O) groups is 1. The van der Waals surface area contributed by atoms with E-state index in [2.05, 4.69) is 15.3 Å². The third-order valence-electron chi connectivity index (χ3n) is 4.18. The molecule has 0 saturated heterocycles. The van der Waals surface area contributed by atoms with Gasteiger partial charge in [0.15, 0.2) is 0 Å². The Labute approximate surface area is 166 Å². The van der Waals surface area contributed by atoms with Crippen LogP contribution >= 0.6 is 11.3 Å². The van der Waals surface area contributed by atoms with Crippen LogP contribution in [0.15, 0.2) is 23.0 Å². The van der Waals surface area contributed by atoms with Crippen molar-refractivity contribution in [1.29, 1.82) is 0 Å². The molecule has 2 aromatic heterocycles. The van der Waals surface area contributed by atoms with Crippen LogP contribution in [0.5, 0.6) is 11.5 Å². The van der Waals surface area contributed by atoms with Crippen molar-refractivity contribution in [1.82, 2.24) is 14.9 Å². The molecule has 0 spiro atoms. The van der Waals surface area contributed by atoms with Crippen LogP contribution in [0, 0.1) is 6.92 Å². The van der Waals surface area contributed by atoms with Gasteiger partial charge >= 0.3 is 0 Å². The fourth-order valence-electron chi connectivity index (χ4n) is 2.86. The van der Waals surface area contributed by atoms with Crippen molar-refractivity contribution in [2.45, 2.75) is 13.5 Å². The number of thiophene rings is 1. The fourth-order valence-corrected chi connectivity index (χ4v) is 3.96. The van der Waals surface area contributed by atoms with Gasteiger partial charge in [-0.05, 0) is 38.7 Å². The quantitative estimate of drug-likeness (QED) is 0.658. The average molecular weight is 402 g/mol. The normalized spacial score (nSPS) is 11.1. The van der Waals surface area contributed by atoms with Crippen molar-refractivity contribution in [2.24, 2.45) is 0 Å². The number of benzene rings is 1. The molecule has 3 rings (SSSR count). The largest absolute Gasteiger partial charge is 0.497 e. The van der Waals surface area contributed by atoms with Gasteiger partial charge in [0.2, 0.25) is 0 Å². The monoisotopic (exact) mass is 402 g/mol. The molecule has 0 atom stereocenters. The number of anilines is 1. The van der Waals surface area contributed by atoms with E-state index in [0.29, 0.717) is 50.2 Å². The Morgan fingerprint density at radius 3 is 2.68 bits per heavy atom. The Morgan fingerprint density at radius 2 is 2.04 bits per heavy atom. The summed E-state index contributed by atoms with van der Waals surface area (Å²) in [5.41, 5.74) is 0.882. The van der Waals surface area contributed by atoms with Crippen LogP contribution in [0.25, 0.3) is 10.2 Å². The summed E-state index contributed by atoms with van der Waals surface area (Å²) in [5, 5.41) is 3.28. The number of aromatic nitrogens is 2. The van der Waals surface area contributed by atoms with Crippen LogP contribution in [0.4, 0.5) is 5.69 Å². The van der Waals surface area contributed by atoms with Gasteiger partial charge in [0.25, 0.3) is 11.5 Å². The van der Waals surface area contributed by atoms with Gasteiger partial charge in [-0.2, -0.15) is 0 Å². The predicted molar refractivity (Wildman–Crippen MR) is 110 cm³/mol. The van der Waals surface area contributed by atoms with Crippen LogP contribution in [-0.4, -0.2) is 49.1 Å². The molecule has 8 nitrogen and oxygen atoms in total. The number of hydrogen-bond donors (Lipinski definition) is 2. The van der Waals surface area contributed by atoms with E-state index in [1.807, 2.05) is 19.0 Å². The first kappa shape index (κ1) is 19.8. The summed E-state index contributed by atoms with van der Waals surface area (Å²) < 4.78 is 10.5. The molecule has 2 N–H and O–H groups in total. The molecule has 0 aliphatic heterocycles. The van der Waals surface area contributed by atoms with Crippen LogP contribution < -0.4 is 20.3 Å². The van der Waals surface area contributed by atoms with Crippen LogP contribution in [0.3, 0.4) is 0 Å². The minimum absolute atomic E-state index is 0.239. The van der Waals surface area contributed by atoms with Gasteiger partial charge in [-0.15, -0.1) is 11.3 Å². The second-order valence-corrected chi connectivity index (χ2v) is 7.51. The molecule has 3 aromatic rings. The minimum atomic E-state index is -0.322. The van der Waals surface area contributed by atoms with E-state index in [4.69, 9.17) is 9.47 Å². The second kappa shape index (κ2) is 7.99. The molecule has 9 heteroatoms. The number of nitrogens with zero attached hydrogens (tertiary/aromatic N) is 2. The zero-order chi connectivity index (χ0) is 20.4. The highest BCUT2D eigenvalue weighted by molar-refractivity contribution is 7.20. The summed E-state index contributed by atoms with van der Waals surface area (Å²) >= 11 is 1.20. The molecule has 2 heterocycles. The number of amides is 1. The standard InChI is InChI=1S/C19H22N4O4S/c1-10-15-17(24)21-14(9-23(2)3)22-19(15)28-16(10)18(25)20-12-7-6-11(26-4)8-13(12)27-5/h6-8H,9H2,1-5H3,(H,20,25)(H,21,22,24). The Bertz CT molecular complexity index is 1090. The van der Waals surface area contributed by atoms with E-state index in [1.54, 1.807) is 32.2 Å². The van der Waals surface area contributed by atoms with Gasteiger partial charge in [0.1, 0.15) is 22.2 Å². The van der Waals surface area contributed by atoms with Crippen molar-refractivity contribution < 1.29 is 14.3 Å². The Kier molecular flexibility index (Phi) is 5.66. The number of hydrogen-bond acceptors (Lipinski definition) is 7. The molecule has 0 fully saturated rings. The Balaban J connectivity index is 1.97.